The van der Waals surface area contributed by atoms with Gasteiger partial charge in [-0.05, 0) is 47.7 Å². The van der Waals surface area contributed by atoms with Crippen LogP contribution in [0.2, 0.25) is 5.02 Å². The maximum Gasteiger partial charge on any atom is 0.129 e. The van der Waals surface area contributed by atoms with Gasteiger partial charge in [-0.15, -0.1) is 0 Å². The zero-order valence-electron chi connectivity index (χ0n) is 17.6. The molecule has 4 heteroatoms. The molecule has 0 amide bonds. The predicted molar refractivity (Wildman–Crippen MR) is 123 cm³/mol. The molecule has 0 N–H and O–H groups in total. The molecule has 0 radical (unpaired) electrons. The number of hydrogen-bond donors (Lipinski definition) is 0. The van der Waals surface area contributed by atoms with E-state index in [9.17, 15) is 4.39 Å². The van der Waals surface area contributed by atoms with Gasteiger partial charge in [0.25, 0.3) is 0 Å². The van der Waals surface area contributed by atoms with E-state index in [0.717, 1.165) is 23.3 Å². The highest BCUT2D eigenvalue weighted by molar-refractivity contribution is 6.31. The minimum atomic E-state index is -0.295. The second-order valence-electron chi connectivity index (χ2n) is 8.31. The predicted octanol–water partition coefficient (Wildman–Crippen LogP) is 7.23. The molecule has 0 fully saturated rings. The summed E-state index contributed by atoms with van der Waals surface area (Å²) in [6.45, 7) is 6.95. The molecular formula is C26H26ClFN2. The summed E-state index contributed by atoms with van der Waals surface area (Å²) in [7, 11) is 0. The molecule has 2 nitrogen and oxygen atoms in total. The van der Waals surface area contributed by atoms with Crippen molar-refractivity contribution in [2.75, 3.05) is 0 Å². The largest absolute Gasteiger partial charge is 0.323 e. The Balaban J connectivity index is 1.76. The number of aromatic nitrogens is 2. The van der Waals surface area contributed by atoms with Gasteiger partial charge >= 0.3 is 0 Å². The van der Waals surface area contributed by atoms with Crippen LogP contribution < -0.4 is 0 Å². The normalized spacial score (nSPS) is 12.6. The van der Waals surface area contributed by atoms with Gasteiger partial charge in [-0.25, -0.2) is 9.37 Å². The second-order valence-corrected chi connectivity index (χ2v) is 8.71. The second kappa shape index (κ2) is 8.61. The first-order chi connectivity index (χ1) is 14.4. The fraction of sp³-hybridized carbons (Fsp3) is 0.269. The van der Waals surface area contributed by atoms with E-state index in [1.54, 1.807) is 12.1 Å². The Labute approximate surface area is 182 Å². The van der Waals surface area contributed by atoms with Crippen molar-refractivity contribution in [1.82, 2.24) is 9.55 Å². The van der Waals surface area contributed by atoms with Gasteiger partial charge in [0.1, 0.15) is 11.6 Å². The molecule has 0 aliphatic carbocycles. The standard InChI is InChI=1S/C26H26ClFN2/c1-17(2)15-19-11-13-20(14-12-19)18(3)26-29-24-9-4-5-10-25(24)30(26)16-21-22(27)7-6-8-23(21)28/h4-14,17-18H,15-16H2,1-3H3. The van der Waals surface area contributed by atoms with E-state index < -0.39 is 0 Å². The van der Waals surface area contributed by atoms with Gasteiger partial charge in [-0.2, -0.15) is 0 Å². The topological polar surface area (TPSA) is 17.8 Å². The highest BCUT2D eigenvalue weighted by Crippen LogP contribution is 2.30. The number of halogens is 2. The summed E-state index contributed by atoms with van der Waals surface area (Å²) in [6.07, 6.45) is 1.07. The van der Waals surface area contributed by atoms with Gasteiger partial charge in [0.2, 0.25) is 0 Å². The number of fused-ring (bicyclic) bond motifs is 1. The SMILES string of the molecule is CC(C)Cc1ccc(C(C)c2nc3ccccc3n2Cc2c(F)cccc2Cl)cc1. The molecule has 0 saturated heterocycles. The number of para-hydroxylation sites is 2. The minimum absolute atomic E-state index is 0.0658. The van der Waals surface area contributed by atoms with Crippen molar-refractivity contribution in [2.24, 2.45) is 5.92 Å². The van der Waals surface area contributed by atoms with Crippen molar-refractivity contribution < 1.29 is 4.39 Å². The molecule has 4 aromatic rings. The monoisotopic (exact) mass is 420 g/mol. The fourth-order valence-electron chi connectivity index (χ4n) is 4.00. The molecule has 0 bridgehead atoms. The van der Waals surface area contributed by atoms with Gasteiger partial charge in [-0.3, -0.25) is 0 Å². The number of hydrogen-bond acceptors (Lipinski definition) is 1. The average molecular weight is 421 g/mol. The van der Waals surface area contributed by atoms with E-state index in [1.807, 2.05) is 24.3 Å². The van der Waals surface area contributed by atoms with E-state index in [-0.39, 0.29) is 11.7 Å². The summed E-state index contributed by atoms with van der Waals surface area (Å²) in [5.74, 6) is 1.31. The number of rotatable bonds is 6. The van der Waals surface area contributed by atoms with Gasteiger partial charge in [-0.1, -0.05) is 74.8 Å². The lowest BCUT2D eigenvalue weighted by molar-refractivity contribution is 0.594. The van der Waals surface area contributed by atoms with Crippen LogP contribution >= 0.6 is 11.6 Å². The maximum absolute atomic E-state index is 14.5. The van der Waals surface area contributed by atoms with E-state index in [0.29, 0.717) is 23.0 Å². The highest BCUT2D eigenvalue weighted by atomic mass is 35.5. The first-order valence-corrected chi connectivity index (χ1v) is 10.8. The third kappa shape index (κ3) is 4.13. The number of nitrogens with zero attached hydrogens (tertiary/aromatic N) is 2. The number of imidazole rings is 1. The molecule has 1 atom stereocenters. The molecule has 30 heavy (non-hydrogen) atoms. The van der Waals surface area contributed by atoms with Crippen LogP contribution in [-0.2, 0) is 13.0 Å². The highest BCUT2D eigenvalue weighted by Gasteiger charge is 2.20. The van der Waals surface area contributed by atoms with Crippen LogP contribution in [0.5, 0.6) is 0 Å². The summed E-state index contributed by atoms with van der Waals surface area (Å²) in [5, 5.41) is 0.435. The molecule has 0 spiro atoms. The van der Waals surface area contributed by atoms with Gasteiger partial charge in [0.15, 0.2) is 0 Å². The maximum atomic E-state index is 14.5. The number of benzene rings is 3. The third-order valence-electron chi connectivity index (χ3n) is 5.57. The molecule has 3 aromatic carbocycles. The summed E-state index contributed by atoms with van der Waals surface area (Å²) in [6, 6.07) is 21.6. The quantitative estimate of drug-likeness (QED) is 0.321. The minimum Gasteiger partial charge on any atom is -0.323 e. The Kier molecular flexibility index (Phi) is 5.92. The Bertz CT molecular complexity index is 1140. The Morgan fingerprint density at radius 2 is 1.67 bits per heavy atom. The van der Waals surface area contributed by atoms with E-state index >= 15 is 0 Å². The van der Waals surface area contributed by atoms with Crippen molar-refractivity contribution in [1.29, 1.82) is 0 Å². The molecule has 0 saturated carbocycles. The van der Waals surface area contributed by atoms with Crippen molar-refractivity contribution in [3.8, 4) is 0 Å². The first kappa shape index (κ1) is 20.6. The molecule has 154 valence electrons. The van der Waals surface area contributed by atoms with Crippen LogP contribution in [0.1, 0.15) is 49.2 Å². The molecule has 4 rings (SSSR count). The van der Waals surface area contributed by atoms with Crippen LogP contribution in [0.3, 0.4) is 0 Å². The van der Waals surface area contributed by atoms with Crippen molar-refractivity contribution >= 4 is 22.6 Å². The molecular weight excluding hydrogens is 395 g/mol. The lowest BCUT2D eigenvalue weighted by atomic mass is 9.96. The van der Waals surface area contributed by atoms with Crippen LogP contribution in [0.25, 0.3) is 11.0 Å². The van der Waals surface area contributed by atoms with E-state index in [2.05, 4.69) is 49.6 Å². The van der Waals surface area contributed by atoms with Gasteiger partial charge < -0.3 is 4.57 Å². The first-order valence-electron chi connectivity index (χ1n) is 10.4. The van der Waals surface area contributed by atoms with Crippen LogP contribution in [-0.4, -0.2) is 9.55 Å². The molecule has 0 aliphatic rings. The average Bonchev–Trinajstić information content (AvgIpc) is 3.09. The summed E-state index contributed by atoms with van der Waals surface area (Å²) in [4.78, 5) is 4.91. The zero-order chi connectivity index (χ0) is 21.3. The fourth-order valence-corrected chi connectivity index (χ4v) is 4.22. The lowest BCUT2D eigenvalue weighted by Crippen LogP contribution is -2.11. The zero-order valence-corrected chi connectivity index (χ0v) is 18.3. The molecule has 1 aromatic heterocycles. The van der Waals surface area contributed by atoms with Gasteiger partial charge in [0, 0.05) is 16.5 Å². The van der Waals surface area contributed by atoms with Crippen LogP contribution in [0.4, 0.5) is 4.39 Å². The van der Waals surface area contributed by atoms with Crippen molar-refractivity contribution in [2.45, 2.75) is 39.7 Å². The lowest BCUT2D eigenvalue weighted by Gasteiger charge is -2.17. The van der Waals surface area contributed by atoms with E-state index in [1.165, 1.54) is 17.2 Å². The molecule has 1 unspecified atom stereocenters. The Morgan fingerprint density at radius 3 is 2.37 bits per heavy atom. The Morgan fingerprint density at radius 1 is 0.933 bits per heavy atom. The van der Waals surface area contributed by atoms with Crippen LogP contribution in [0, 0.1) is 11.7 Å². The van der Waals surface area contributed by atoms with Crippen molar-refractivity contribution in [3.63, 3.8) is 0 Å². The summed E-state index contributed by atoms with van der Waals surface area (Å²) in [5.41, 5.74) is 4.91. The van der Waals surface area contributed by atoms with E-state index in [4.69, 9.17) is 16.6 Å². The third-order valence-corrected chi connectivity index (χ3v) is 5.93. The summed E-state index contributed by atoms with van der Waals surface area (Å²) < 4.78 is 16.6. The van der Waals surface area contributed by atoms with Crippen LogP contribution in [0.15, 0.2) is 66.7 Å². The van der Waals surface area contributed by atoms with Gasteiger partial charge in [0.05, 0.1) is 17.6 Å². The molecule has 0 aliphatic heterocycles. The summed E-state index contributed by atoms with van der Waals surface area (Å²) >= 11 is 6.33. The molecule has 1 heterocycles. The Hall–Kier alpha value is -2.65. The smallest absolute Gasteiger partial charge is 0.129 e. The van der Waals surface area contributed by atoms with Crippen molar-refractivity contribution in [3.05, 3.63) is 100 Å².